The number of hydrogen-bond donors (Lipinski definition) is 2. The van der Waals surface area contributed by atoms with Crippen LogP contribution in [0.2, 0.25) is 0 Å². The number of rotatable bonds is 5. The summed E-state index contributed by atoms with van der Waals surface area (Å²) in [6, 6.07) is 6.60. The molecule has 4 heteroatoms. The molecule has 0 spiro atoms. The van der Waals surface area contributed by atoms with Gasteiger partial charge in [0.05, 0.1) is 12.7 Å². The molecule has 21 heavy (non-hydrogen) atoms. The largest absolute Gasteiger partial charge is 0.496 e. The van der Waals surface area contributed by atoms with E-state index in [1.165, 1.54) is 31.2 Å². The van der Waals surface area contributed by atoms with Crippen molar-refractivity contribution in [1.29, 1.82) is 5.41 Å². The molecule has 1 aliphatic rings. The average Bonchev–Trinajstić information content (AvgIpc) is 2.47. The van der Waals surface area contributed by atoms with Gasteiger partial charge in [0.25, 0.3) is 0 Å². The molecule has 0 saturated heterocycles. The van der Waals surface area contributed by atoms with Gasteiger partial charge in [0.2, 0.25) is 0 Å². The zero-order valence-corrected chi connectivity index (χ0v) is 13.4. The van der Waals surface area contributed by atoms with Crippen molar-refractivity contribution in [3.63, 3.8) is 0 Å². The van der Waals surface area contributed by atoms with E-state index in [1.54, 1.807) is 7.11 Å². The minimum Gasteiger partial charge on any atom is -0.496 e. The van der Waals surface area contributed by atoms with Crippen LogP contribution in [-0.2, 0) is 6.54 Å². The third-order valence-corrected chi connectivity index (χ3v) is 4.60. The maximum Gasteiger partial charge on any atom is 0.130 e. The molecule has 2 rings (SSSR count). The fourth-order valence-corrected chi connectivity index (χ4v) is 3.16. The smallest absolute Gasteiger partial charge is 0.130 e. The van der Waals surface area contributed by atoms with E-state index in [-0.39, 0.29) is 5.84 Å². The zero-order chi connectivity index (χ0) is 15.4. The Hall–Kier alpha value is -1.55. The van der Waals surface area contributed by atoms with Gasteiger partial charge in [0.1, 0.15) is 11.6 Å². The van der Waals surface area contributed by atoms with Crippen molar-refractivity contribution in [2.75, 3.05) is 14.2 Å². The first-order chi connectivity index (χ1) is 10.0. The topological polar surface area (TPSA) is 62.3 Å². The first-order valence-electron chi connectivity index (χ1n) is 7.72. The molecule has 3 N–H and O–H groups in total. The number of nitrogens with zero attached hydrogens (tertiary/aromatic N) is 1. The number of ether oxygens (including phenoxy) is 1. The standard InChI is InChI=1S/C17H27N3O/c1-12-4-7-14(8-5-12)20(2)11-13-6-9-15(17(18)19)16(10-13)21-3/h6,9-10,12,14H,4-5,7-8,11H2,1-3H3,(H3,18,19). The molecule has 1 saturated carbocycles. The lowest BCUT2D eigenvalue weighted by molar-refractivity contribution is 0.164. The van der Waals surface area contributed by atoms with Crippen molar-refractivity contribution in [1.82, 2.24) is 4.90 Å². The minimum atomic E-state index is 0.0491. The highest BCUT2D eigenvalue weighted by Crippen LogP contribution is 2.28. The third kappa shape index (κ3) is 3.97. The number of methoxy groups -OCH3 is 1. The summed E-state index contributed by atoms with van der Waals surface area (Å²) >= 11 is 0. The lowest BCUT2D eigenvalue weighted by atomic mass is 9.86. The Kier molecular flexibility index (Phi) is 5.23. The Morgan fingerprint density at radius 3 is 2.57 bits per heavy atom. The number of nitrogens with one attached hydrogen (secondary N) is 1. The predicted molar refractivity (Wildman–Crippen MR) is 86.9 cm³/mol. The fraction of sp³-hybridized carbons (Fsp3) is 0.588. The van der Waals surface area contributed by atoms with Crippen LogP contribution in [0.5, 0.6) is 5.75 Å². The first kappa shape index (κ1) is 15.8. The quantitative estimate of drug-likeness (QED) is 0.647. The van der Waals surface area contributed by atoms with E-state index in [4.69, 9.17) is 15.9 Å². The van der Waals surface area contributed by atoms with E-state index in [2.05, 4.69) is 18.9 Å². The molecule has 0 atom stereocenters. The van der Waals surface area contributed by atoms with Crippen molar-refractivity contribution >= 4 is 5.84 Å². The Balaban J connectivity index is 2.03. The first-order valence-corrected chi connectivity index (χ1v) is 7.72. The number of nitrogen functional groups attached to an aromatic ring is 1. The second-order valence-corrected chi connectivity index (χ2v) is 6.28. The van der Waals surface area contributed by atoms with Gasteiger partial charge in [-0.05, 0) is 56.3 Å². The van der Waals surface area contributed by atoms with Crippen LogP contribution in [-0.4, -0.2) is 30.9 Å². The number of amidine groups is 1. The molecular formula is C17H27N3O. The van der Waals surface area contributed by atoms with Gasteiger partial charge < -0.3 is 10.5 Å². The van der Waals surface area contributed by atoms with Crippen LogP contribution in [0.4, 0.5) is 0 Å². The van der Waals surface area contributed by atoms with Crippen LogP contribution < -0.4 is 10.5 Å². The molecule has 0 heterocycles. The van der Waals surface area contributed by atoms with E-state index in [0.29, 0.717) is 17.4 Å². The van der Waals surface area contributed by atoms with Crippen molar-refractivity contribution in [3.8, 4) is 5.75 Å². The molecule has 0 aliphatic heterocycles. The Morgan fingerprint density at radius 1 is 1.33 bits per heavy atom. The van der Waals surface area contributed by atoms with E-state index in [1.807, 2.05) is 18.2 Å². The van der Waals surface area contributed by atoms with Crippen LogP contribution in [0.1, 0.15) is 43.7 Å². The lowest BCUT2D eigenvalue weighted by Gasteiger charge is -2.33. The summed E-state index contributed by atoms with van der Waals surface area (Å²) in [5.74, 6) is 1.61. The molecule has 4 nitrogen and oxygen atoms in total. The molecule has 116 valence electrons. The normalized spacial score (nSPS) is 22.3. The summed E-state index contributed by atoms with van der Waals surface area (Å²) in [6.07, 6.45) is 5.25. The second kappa shape index (κ2) is 6.94. The van der Waals surface area contributed by atoms with Crippen LogP contribution >= 0.6 is 0 Å². The van der Waals surface area contributed by atoms with E-state index >= 15 is 0 Å². The van der Waals surface area contributed by atoms with Gasteiger partial charge >= 0.3 is 0 Å². The maximum atomic E-state index is 7.56. The molecule has 0 radical (unpaired) electrons. The summed E-state index contributed by atoms with van der Waals surface area (Å²) < 4.78 is 5.35. The summed E-state index contributed by atoms with van der Waals surface area (Å²) in [5.41, 5.74) is 7.43. The third-order valence-electron chi connectivity index (χ3n) is 4.60. The van der Waals surface area contributed by atoms with Crippen LogP contribution in [0.25, 0.3) is 0 Å². The van der Waals surface area contributed by atoms with Gasteiger partial charge in [0.15, 0.2) is 0 Å². The van der Waals surface area contributed by atoms with E-state index in [9.17, 15) is 0 Å². The number of hydrogen-bond acceptors (Lipinski definition) is 3. The predicted octanol–water partition coefficient (Wildman–Crippen LogP) is 2.99. The molecule has 1 aliphatic carbocycles. The number of nitrogens with two attached hydrogens (primary N) is 1. The summed E-state index contributed by atoms with van der Waals surface area (Å²) in [7, 11) is 3.82. The summed E-state index contributed by atoms with van der Waals surface area (Å²) in [6.45, 7) is 3.26. The molecular weight excluding hydrogens is 262 g/mol. The Labute approximate surface area is 127 Å². The molecule has 0 amide bonds. The highest BCUT2D eigenvalue weighted by Gasteiger charge is 2.21. The van der Waals surface area contributed by atoms with Crippen molar-refractivity contribution in [3.05, 3.63) is 29.3 Å². The highest BCUT2D eigenvalue weighted by atomic mass is 16.5. The monoisotopic (exact) mass is 289 g/mol. The zero-order valence-electron chi connectivity index (χ0n) is 13.4. The SMILES string of the molecule is COc1cc(CN(C)C2CCC(C)CC2)ccc1C(=N)N. The van der Waals surface area contributed by atoms with Crippen LogP contribution in [0.15, 0.2) is 18.2 Å². The average molecular weight is 289 g/mol. The van der Waals surface area contributed by atoms with Crippen molar-refractivity contribution in [2.45, 2.75) is 45.2 Å². The molecule has 0 unspecified atom stereocenters. The van der Waals surface area contributed by atoms with Gasteiger partial charge in [-0.3, -0.25) is 10.3 Å². The van der Waals surface area contributed by atoms with Crippen LogP contribution in [0.3, 0.4) is 0 Å². The van der Waals surface area contributed by atoms with Gasteiger partial charge in [-0.25, -0.2) is 0 Å². The van der Waals surface area contributed by atoms with E-state index < -0.39 is 0 Å². The molecule has 1 fully saturated rings. The van der Waals surface area contributed by atoms with Crippen LogP contribution in [0, 0.1) is 11.3 Å². The minimum absolute atomic E-state index is 0.0491. The Bertz CT molecular complexity index is 493. The maximum absolute atomic E-state index is 7.56. The van der Waals surface area contributed by atoms with Gasteiger partial charge in [-0.2, -0.15) is 0 Å². The van der Waals surface area contributed by atoms with E-state index in [0.717, 1.165) is 12.5 Å². The van der Waals surface area contributed by atoms with Gasteiger partial charge in [-0.1, -0.05) is 13.0 Å². The highest BCUT2D eigenvalue weighted by molar-refractivity contribution is 5.97. The lowest BCUT2D eigenvalue weighted by Crippen LogP contribution is -2.34. The molecule has 0 aromatic heterocycles. The molecule has 0 bridgehead atoms. The number of benzene rings is 1. The summed E-state index contributed by atoms with van der Waals surface area (Å²) in [4.78, 5) is 2.44. The van der Waals surface area contributed by atoms with Gasteiger partial charge in [-0.15, -0.1) is 0 Å². The fourth-order valence-electron chi connectivity index (χ4n) is 3.16. The molecule has 1 aromatic carbocycles. The Morgan fingerprint density at radius 2 is 2.00 bits per heavy atom. The van der Waals surface area contributed by atoms with Gasteiger partial charge in [0, 0.05) is 12.6 Å². The van der Waals surface area contributed by atoms with Crippen molar-refractivity contribution in [2.24, 2.45) is 11.7 Å². The molecule has 1 aromatic rings. The summed E-state index contributed by atoms with van der Waals surface area (Å²) in [5, 5.41) is 7.56. The second-order valence-electron chi connectivity index (χ2n) is 6.28. The van der Waals surface area contributed by atoms with Crippen molar-refractivity contribution < 1.29 is 4.74 Å².